The first-order valence-electron chi connectivity index (χ1n) is 10.8. The predicted octanol–water partition coefficient (Wildman–Crippen LogP) is 4.16. The quantitative estimate of drug-likeness (QED) is 0.639. The molecule has 2 aliphatic heterocycles. The van der Waals surface area contributed by atoms with E-state index in [1.165, 1.54) is 0 Å². The molecule has 2 aromatic rings. The smallest absolute Gasteiger partial charge is 0.253 e. The van der Waals surface area contributed by atoms with Gasteiger partial charge < -0.3 is 14.8 Å². The summed E-state index contributed by atoms with van der Waals surface area (Å²) >= 11 is 3.59. The van der Waals surface area contributed by atoms with Crippen molar-refractivity contribution in [2.45, 2.75) is 38.8 Å². The zero-order valence-corrected chi connectivity index (χ0v) is 19.6. The molecule has 0 radical (unpaired) electrons. The van der Waals surface area contributed by atoms with Gasteiger partial charge in [-0.15, -0.1) is 0 Å². The number of ether oxygens (including phenoxy) is 2. The average molecular weight is 486 g/mol. The van der Waals surface area contributed by atoms with Crippen LogP contribution in [0.3, 0.4) is 0 Å². The maximum absolute atomic E-state index is 12.8. The lowest BCUT2D eigenvalue weighted by molar-refractivity contribution is -0.125. The van der Waals surface area contributed by atoms with E-state index < -0.39 is 5.54 Å². The summed E-state index contributed by atoms with van der Waals surface area (Å²) in [6.07, 6.45) is 1.42. The molecular weight excluding hydrogens is 458 g/mol. The Balaban J connectivity index is 1.46. The van der Waals surface area contributed by atoms with Crippen molar-refractivity contribution in [1.29, 1.82) is 0 Å². The molecule has 0 unspecified atom stereocenters. The molecule has 1 saturated heterocycles. The molecule has 2 heterocycles. The van der Waals surface area contributed by atoms with Gasteiger partial charge in [0.2, 0.25) is 0 Å². The second-order valence-electron chi connectivity index (χ2n) is 7.86. The number of piperidine rings is 1. The van der Waals surface area contributed by atoms with Crippen molar-refractivity contribution < 1.29 is 14.3 Å². The highest BCUT2D eigenvalue weighted by atomic mass is 79.9. The maximum atomic E-state index is 12.8. The van der Waals surface area contributed by atoms with Gasteiger partial charge in [0.05, 0.1) is 13.2 Å². The molecule has 1 spiro atoms. The number of hydrogen-bond donors (Lipinski definition) is 1. The van der Waals surface area contributed by atoms with Gasteiger partial charge >= 0.3 is 0 Å². The number of amidine groups is 1. The molecule has 6 nitrogen and oxygen atoms in total. The van der Waals surface area contributed by atoms with E-state index in [1.54, 1.807) is 0 Å². The minimum absolute atomic E-state index is 0.0203. The van der Waals surface area contributed by atoms with Gasteiger partial charge in [-0.25, -0.2) is 0 Å². The standard InChI is InChI=1S/C24H28BrN3O3/c1-3-30-19-14-17(15-20(21(19)25)31-4-2)16-28-12-10-24(11-13-28)23(29)26-22(27-24)18-8-6-5-7-9-18/h5-9,14-15H,3-4,10-13,16H2,1-2H3,(H,26,27,29). The molecule has 4 rings (SSSR count). The molecule has 164 valence electrons. The summed E-state index contributed by atoms with van der Waals surface area (Å²) in [4.78, 5) is 20.0. The molecule has 1 N–H and O–H groups in total. The third-order valence-corrected chi connectivity index (χ3v) is 6.56. The van der Waals surface area contributed by atoms with Crippen molar-refractivity contribution in [2.24, 2.45) is 4.99 Å². The highest BCUT2D eigenvalue weighted by Gasteiger charge is 2.45. The number of aliphatic imine (C=N–C) groups is 1. The van der Waals surface area contributed by atoms with Crippen LogP contribution < -0.4 is 14.8 Å². The van der Waals surface area contributed by atoms with E-state index in [0.29, 0.717) is 31.9 Å². The zero-order valence-electron chi connectivity index (χ0n) is 18.0. The fourth-order valence-corrected chi connectivity index (χ4v) is 4.62. The van der Waals surface area contributed by atoms with E-state index in [0.717, 1.165) is 46.7 Å². The van der Waals surface area contributed by atoms with Crippen LogP contribution in [0, 0.1) is 0 Å². The zero-order chi connectivity index (χ0) is 21.8. The topological polar surface area (TPSA) is 63.2 Å². The number of nitrogens with one attached hydrogen (secondary N) is 1. The molecule has 0 aliphatic carbocycles. The third-order valence-electron chi connectivity index (χ3n) is 5.78. The van der Waals surface area contributed by atoms with Gasteiger partial charge in [0.15, 0.2) is 0 Å². The Hall–Kier alpha value is -2.38. The molecular formula is C24H28BrN3O3. The Morgan fingerprint density at radius 2 is 1.68 bits per heavy atom. The number of carbonyl (C=O) groups is 1. The fraction of sp³-hybridized carbons (Fsp3) is 0.417. The van der Waals surface area contributed by atoms with E-state index in [9.17, 15) is 4.79 Å². The average Bonchev–Trinajstić information content (AvgIpc) is 3.10. The lowest BCUT2D eigenvalue weighted by atomic mass is 9.88. The summed E-state index contributed by atoms with van der Waals surface area (Å²) in [5, 5.41) is 3.00. The summed E-state index contributed by atoms with van der Waals surface area (Å²) in [6, 6.07) is 14.0. The first-order chi connectivity index (χ1) is 15.0. The SMILES string of the molecule is CCOc1cc(CN2CCC3(CC2)N=C(c2ccccc2)NC3=O)cc(OCC)c1Br. The summed E-state index contributed by atoms with van der Waals surface area (Å²) < 4.78 is 12.4. The van der Waals surface area contributed by atoms with Crippen molar-refractivity contribution in [3.63, 3.8) is 0 Å². The third kappa shape index (κ3) is 4.62. The van der Waals surface area contributed by atoms with Gasteiger partial charge in [-0.3, -0.25) is 14.7 Å². The first-order valence-corrected chi connectivity index (χ1v) is 11.6. The highest BCUT2D eigenvalue weighted by Crippen LogP contribution is 2.37. The van der Waals surface area contributed by atoms with Crippen LogP contribution >= 0.6 is 15.9 Å². The highest BCUT2D eigenvalue weighted by molar-refractivity contribution is 9.10. The first kappa shape index (κ1) is 21.8. The normalized spacial score (nSPS) is 18.0. The van der Waals surface area contributed by atoms with Crippen LogP contribution in [-0.4, -0.2) is 48.5 Å². The summed E-state index contributed by atoms with van der Waals surface area (Å²) in [7, 11) is 0. The number of halogens is 1. The van der Waals surface area contributed by atoms with Gasteiger partial charge in [0.1, 0.15) is 27.3 Å². The molecule has 1 fully saturated rings. The fourth-order valence-electron chi connectivity index (χ4n) is 4.17. The van der Waals surface area contributed by atoms with E-state index in [2.05, 4.69) is 38.3 Å². The summed E-state index contributed by atoms with van der Waals surface area (Å²) in [5.41, 5.74) is 1.45. The van der Waals surface area contributed by atoms with Crippen molar-refractivity contribution in [2.75, 3.05) is 26.3 Å². The van der Waals surface area contributed by atoms with Gasteiger partial charge in [-0.05, 0) is 60.3 Å². The second-order valence-corrected chi connectivity index (χ2v) is 8.65. The Morgan fingerprint density at radius 1 is 1.06 bits per heavy atom. The van der Waals surface area contributed by atoms with Crippen LogP contribution in [0.5, 0.6) is 11.5 Å². The predicted molar refractivity (Wildman–Crippen MR) is 125 cm³/mol. The van der Waals surface area contributed by atoms with Crippen LogP contribution in [0.4, 0.5) is 0 Å². The Labute approximate surface area is 191 Å². The van der Waals surface area contributed by atoms with Crippen molar-refractivity contribution in [1.82, 2.24) is 10.2 Å². The van der Waals surface area contributed by atoms with Crippen LogP contribution in [0.15, 0.2) is 51.9 Å². The molecule has 0 atom stereocenters. The molecule has 0 bridgehead atoms. The summed E-state index contributed by atoms with van der Waals surface area (Å²) in [6.45, 7) is 7.53. The number of hydrogen-bond acceptors (Lipinski definition) is 5. The van der Waals surface area contributed by atoms with Crippen molar-refractivity contribution in [3.05, 3.63) is 58.1 Å². The Kier molecular flexibility index (Phi) is 6.62. The molecule has 2 aliphatic rings. The molecule has 31 heavy (non-hydrogen) atoms. The van der Waals surface area contributed by atoms with Crippen molar-refractivity contribution >= 4 is 27.7 Å². The van der Waals surface area contributed by atoms with Gasteiger partial charge in [0, 0.05) is 25.2 Å². The van der Waals surface area contributed by atoms with E-state index >= 15 is 0 Å². The van der Waals surface area contributed by atoms with E-state index in [-0.39, 0.29) is 5.91 Å². The molecule has 1 amide bonds. The molecule has 2 aromatic carbocycles. The number of rotatable bonds is 7. The number of likely N-dealkylation sites (tertiary alicyclic amines) is 1. The lowest BCUT2D eigenvalue weighted by Gasteiger charge is -2.35. The second kappa shape index (κ2) is 9.40. The molecule has 7 heteroatoms. The largest absolute Gasteiger partial charge is 0.493 e. The minimum atomic E-state index is -0.644. The molecule has 0 saturated carbocycles. The van der Waals surface area contributed by atoms with Gasteiger partial charge in [0.25, 0.3) is 5.91 Å². The van der Waals surface area contributed by atoms with Crippen LogP contribution in [-0.2, 0) is 11.3 Å². The van der Waals surface area contributed by atoms with Crippen molar-refractivity contribution in [3.8, 4) is 11.5 Å². The van der Waals surface area contributed by atoms with Gasteiger partial charge in [-0.2, -0.15) is 0 Å². The number of amides is 1. The number of carbonyl (C=O) groups excluding carboxylic acids is 1. The molecule has 0 aromatic heterocycles. The van der Waals surface area contributed by atoms with E-state index in [4.69, 9.17) is 14.5 Å². The van der Waals surface area contributed by atoms with E-state index in [1.807, 2.05) is 44.2 Å². The number of benzene rings is 2. The summed E-state index contributed by atoms with van der Waals surface area (Å²) in [5.74, 6) is 2.30. The van der Waals surface area contributed by atoms with Crippen LogP contribution in [0.1, 0.15) is 37.8 Å². The van der Waals surface area contributed by atoms with Crippen LogP contribution in [0.25, 0.3) is 0 Å². The number of nitrogens with zero attached hydrogens (tertiary/aromatic N) is 2. The Morgan fingerprint density at radius 3 is 2.26 bits per heavy atom. The Bertz CT molecular complexity index is 942. The monoisotopic (exact) mass is 485 g/mol. The van der Waals surface area contributed by atoms with Crippen LogP contribution in [0.2, 0.25) is 0 Å². The minimum Gasteiger partial charge on any atom is -0.493 e. The maximum Gasteiger partial charge on any atom is 0.253 e. The van der Waals surface area contributed by atoms with Gasteiger partial charge in [-0.1, -0.05) is 30.3 Å². The lowest BCUT2D eigenvalue weighted by Crippen LogP contribution is -2.48.